The van der Waals surface area contributed by atoms with Gasteiger partial charge in [-0.2, -0.15) is 0 Å². The van der Waals surface area contributed by atoms with E-state index >= 15 is 0 Å². The second-order valence-electron chi connectivity index (χ2n) is 4.85. The number of esters is 1. The molecule has 0 aromatic rings. The summed E-state index contributed by atoms with van der Waals surface area (Å²) in [4.78, 5) is 23.1. The van der Waals surface area contributed by atoms with Gasteiger partial charge in [-0.05, 0) is 12.8 Å². The van der Waals surface area contributed by atoms with Crippen molar-refractivity contribution in [2.24, 2.45) is 5.41 Å². The molecule has 98 valence electrons. The van der Waals surface area contributed by atoms with E-state index in [9.17, 15) is 9.59 Å². The fourth-order valence-electron chi connectivity index (χ4n) is 1.38. The lowest BCUT2D eigenvalue weighted by Gasteiger charge is -2.21. The monoisotopic (exact) mass is 243 g/mol. The van der Waals surface area contributed by atoms with Crippen molar-refractivity contribution in [1.29, 1.82) is 0 Å². The molecular formula is C12H21NO4. The summed E-state index contributed by atoms with van der Waals surface area (Å²) < 4.78 is 10.2. The molecule has 5 heteroatoms. The minimum Gasteiger partial charge on any atom is -0.434 e. The highest BCUT2D eigenvalue weighted by atomic mass is 16.7. The van der Waals surface area contributed by atoms with Gasteiger partial charge in [-0.1, -0.05) is 20.8 Å². The number of hydrogen-bond donors (Lipinski definition) is 1. The third kappa shape index (κ3) is 4.34. The van der Waals surface area contributed by atoms with Crippen LogP contribution >= 0.6 is 0 Å². The smallest absolute Gasteiger partial charge is 0.327 e. The Morgan fingerprint density at radius 2 is 2.18 bits per heavy atom. The molecule has 1 aliphatic rings. The van der Waals surface area contributed by atoms with Crippen molar-refractivity contribution in [3.63, 3.8) is 0 Å². The summed E-state index contributed by atoms with van der Waals surface area (Å²) >= 11 is 0. The molecule has 1 saturated heterocycles. The van der Waals surface area contributed by atoms with Gasteiger partial charge in [-0.25, -0.2) is 0 Å². The SMILES string of the molecule is CCC(C)(C)C(=O)NCC(=O)OC1CCCO1. The van der Waals surface area contributed by atoms with Crippen molar-refractivity contribution in [2.45, 2.75) is 46.3 Å². The van der Waals surface area contributed by atoms with Gasteiger partial charge >= 0.3 is 5.97 Å². The van der Waals surface area contributed by atoms with Gasteiger partial charge in [-0.3, -0.25) is 9.59 Å². The number of carbonyl (C=O) groups excluding carboxylic acids is 2. The lowest BCUT2D eigenvalue weighted by atomic mass is 9.89. The maximum atomic E-state index is 11.7. The normalized spacial score (nSPS) is 20.1. The first-order valence-corrected chi connectivity index (χ1v) is 6.05. The van der Waals surface area contributed by atoms with Gasteiger partial charge in [-0.15, -0.1) is 0 Å². The molecule has 1 unspecified atom stereocenters. The fourth-order valence-corrected chi connectivity index (χ4v) is 1.38. The standard InChI is InChI=1S/C12H21NO4/c1-4-12(2,3)11(15)13-8-9(14)17-10-6-5-7-16-10/h10H,4-8H2,1-3H3,(H,13,15). The van der Waals surface area contributed by atoms with E-state index in [4.69, 9.17) is 9.47 Å². The zero-order valence-electron chi connectivity index (χ0n) is 10.7. The van der Waals surface area contributed by atoms with Crippen LogP contribution in [-0.2, 0) is 19.1 Å². The van der Waals surface area contributed by atoms with Crippen molar-refractivity contribution < 1.29 is 19.1 Å². The molecule has 0 radical (unpaired) electrons. The van der Waals surface area contributed by atoms with Gasteiger partial charge in [0.15, 0.2) is 0 Å². The zero-order chi connectivity index (χ0) is 12.9. The van der Waals surface area contributed by atoms with Crippen molar-refractivity contribution in [3.8, 4) is 0 Å². The molecule has 0 spiro atoms. The average Bonchev–Trinajstić information content (AvgIpc) is 2.78. The summed E-state index contributed by atoms with van der Waals surface area (Å²) in [5.74, 6) is -0.582. The van der Waals surface area contributed by atoms with Crippen molar-refractivity contribution in [1.82, 2.24) is 5.32 Å². The third-order valence-corrected chi connectivity index (χ3v) is 3.04. The topological polar surface area (TPSA) is 64.6 Å². The zero-order valence-corrected chi connectivity index (χ0v) is 10.7. The number of rotatable bonds is 5. The van der Waals surface area contributed by atoms with Gasteiger partial charge < -0.3 is 14.8 Å². The molecular weight excluding hydrogens is 222 g/mol. The number of hydrogen-bond acceptors (Lipinski definition) is 4. The number of carbonyl (C=O) groups is 2. The number of ether oxygens (including phenoxy) is 2. The second-order valence-corrected chi connectivity index (χ2v) is 4.85. The molecule has 0 saturated carbocycles. The minimum atomic E-state index is -0.454. The van der Waals surface area contributed by atoms with Crippen LogP contribution in [0.1, 0.15) is 40.0 Å². The Morgan fingerprint density at radius 1 is 1.47 bits per heavy atom. The van der Waals surface area contributed by atoms with Gasteiger partial charge in [0, 0.05) is 11.8 Å². The lowest BCUT2D eigenvalue weighted by molar-refractivity contribution is -0.169. The molecule has 1 aliphatic heterocycles. The molecule has 1 fully saturated rings. The van der Waals surface area contributed by atoms with Crippen LogP contribution < -0.4 is 5.32 Å². The van der Waals surface area contributed by atoms with E-state index in [0.717, 1.165) is 19.3 Å². The van der Waals surface area contributed by atoms with Crippen LogP contribution in [0.4, 0.5) is 0 Å². The fraction of sp³-hybridized carbons (Fsp3) is 0.833. The van der Waals surface area contributed by atoms with Crippen LogP contribution in [0.15, 0.2) is 0 Å². The van der Waals surface area contributed by atoms with E-state index in [1.54, 1.807) is 0 Å². The first-order chi connectivity index (χ1) is 7.95. The van der Waals surface area contributed by atoms with Gasteiger partial charge in [0.2, 0.25) is 12.2 Å². The highest BCUT2D eigenvalue weighted by Gasteiger charge is 2.26. The van der Waals surface area contributed by atoms with Crippen LogP contribution in [-0.4, -0.2) is 31.3 Å². The van der Waals surface area contributed by atoms with E-state index in [2.05, 4.69) is 5.32 Å². The lowest BCUT2D eigenvalue weighted by Crippen LogP contribution is -2.40. The van der Waals surface area contributed by atoms with Crippen molar-refractivity contribution in [3.05, 3.63) is 0 Å². The minimum absolute atomic E-state index is 0.0951. The maximum Gasteiger partial charge on any atom is 0.327 e. The Bertz CT molecular complexity index is 282. The molecule has 0 aliphatic carbocycles. The van der Waals surface area contributed by atoms with E-state index < -0.39 is 17.7 Å². The van der Waals surface area contributed by atoms with E-state index in [1.165, 1.54) is 0 Å². The van der Waals surface area contributed by atoms with Crippen LogP contribution in [0.2, 0.25) is 0 Å². The van der Waals surface area contributed by atoms with E-state index in [0.29, 0.717) is 6.61 Å². The summed E-state index contributed by atoms with van der Waals surface area (Å²) in [6.07, 6.45) is 1.94. The summed E-state index contributed by atoms with van der Waals surface area (Å²) in [5.41, 5.74) is -0.454. The predicted molar refractivity (Wildman–Crippen MR) is 62.1 cm³/mol. The molecule has 5 nitrogen and oxygen atoms in total. The highest BCUT2D eigenvalue weighted by molar-refractivity contribution is 5.85. The Balaban J connectivity index is 2.25. The summed E-state index contributed by atoms with van der Waals surface area (Å²) in [6.45, 7) is 6.15. The number of nitrogens with one attached hydrogen (secondary N) is 1. The molecule has 1 heterocycles. The van der Waals surface area contributed by atoms with Crippen molar-refractivity contribution >= 4 is 11.9 Å². The molecule has 0 aromatic carbocycles. The molecule has 17 heavy (non-hydrogen) atoms. The number of amides is 1. The van der Waals surface area contributed by atoms with Crippen LogP contribution in [0.5, 0.6) is 0 Å². The molecule has 1 rings (SSSR count). The molecule has 0 aromatic heterocycles. The van der Waals surface area contributed by atoms with Gasteiger partial charge in [0.25, 0.3) is 0 Å². The highest BCUT2D eigenvalue weighted by Crippen LogP contribution is 2.19. The third-order valence-electron chi connectivity index (χ3n) is 3.04. The molecule has 0 bridgehead atoms. The van der Waals surface area contributed by atoms with Crippen molar-refractivity contribution in [2.75, 3.05) is 13.2 Å². The first kappa shape index (κ1) is 14.0. The summed E-state index contributed by atoms with van der Waals surface area (Å²) in [6, 6.07) is 0. The molecule has 1 atom stereocenters. The maximum absolute atomic E-state index is 11.7. The van der Waals surface area contributed by atoms with Gasteiger partial charge in [0.05, 0.1) is 6.61 Å². The molecule has 1 N–H and O–H groups in total. The second kappa shape index (κ2) is 6.00. The van der Waals surface area contributed by atoms with Crippen LogP contribution in [0, 0.1) is 5.41 Å². The van der Waals surface area contributed by atoms with Crippen LogP contribution in [0.3, 0.4) is 0 Å². The largest absolute Gasteiger partial charge is 0.434 e. The van der Waals surface area contributed by atoms with Crippen LogP contribution in [0.25, 0.3) is 0 Å². The van der Waals surface area contributed by atoms with E-state index in [1.807, 2.05) is 20.8 Å². The Hall–Kier alpha value is -1.10. The van der Waals surface area contributed by atoms with E-state index in [-0.39, 0.29) is 12.5 Å². The Kier molecular flexibility index (Phi) is 4.93. The quantitative estimate of drug-likeness (QED) is 0.737. The predicted octanol–water partition coefficient (Wildman–Crippen LogP) is 1.22. The summed E-state index contributed by atoms with van der Waals surface area (Å²) in [7, 11) is 0. The Labute approximate surface area is 102 Å². The summed E-state index contributed by atoms with van der Waals surface area (Å²) in [5, 5.41) is 2.58. The Morgan fingerprint density at radius 3 is 2.71 bits per heavy atom. The molecule has 1 amide bonds. The average molecular weight is 243 g/mol. The van der Waals surface area contributed by atoms with Gasteiger partial charge in [0.1, 0.15) is 6.54 Å². The first-order valence-electron chi connectivity index (χ1n) is 6.05.